The molecule has 4 aromatic rings. The zero-order valence-electron chi connectivity index (χ0n) is 30.2. The van der Waals surface area contributed by atoms with Gasteiger partial charge in [0.15, 0.2) is 13.2 Å². The zero-order chi connectivity index (χ0) is 45.0. The van der Waals surface area contributed by atoms with Gasteiger partial charge in [0.25, 0.3) is 0 Å². The molecule has 0 unspecified atom stereocenters. The summed E-state index contributed by atoms with van der Waals surface area (Å²) in [7, 11) is 0. The van der Waals surface area contributed by atoms with Crippen molar-refractivity contribution in [1.82, 2.24) is 0 Å². The predicted octanol–water partition coefficient (Wildman–Crippen LogP) is 11.6. The van der Waals surface area contributed by atoms with E-state index >= 15 is 0 Å². The third-order valence-electron chi connectivity index (χ3n) is 9.27. The Morgan fingerprint density at radius 1 is 0.350 bits per heavy atom. The molecule has 0 aliphatic rings. The van der Waals surface area contributed by atoms with E-state index in [1.165, 1.54) is 121 Å². The van der Waals surface area contributed by atoms with Crippen LogP contribution < -0.4 is 0 Å². The van der Waals surface area contributed by atoms with Crippen LogP contribution in [0.25, 0.3) is 0 Å². The highest BCUT2D eigenvalue weighted by molar-refractivity contribution is 5.72. The third-order valence-corrected chi connectivity index (χ3v) is 9.27. The molecule has 0 aliphatic carbocycles. The first-order valence-electron chi connectivity index (χ1n) is 17.2. The van der Waals surface area contributed by atoms with Gasteiger partial charge in [0, 0.05) is 11.8 Å². The maximum Gasteiger partial charge on any atom is 0.385 e. The fourth-order valence-corrected chi connectivity index (χ4v) is 5.82. The van der Waals surface area contributed by atoms with Crippen LogP contribution in [0.1, 0.15) is 46.9 Å². The smallest absolute Gasteiger partial charge is 0.385 e. The SMILES string of the molecule is O=C(CC(c1ccccc1)c1ccccc1)OCC(F)(F)C(F)(F)C(F)(F)C(F)(F)C(F)(F)C(F)(F)C(F)(F)C(F)(F)COC(=O)CC(c1ccccc1)c1ccccc1. The third kappa shape index (κ3) is 8.91. The van der Waals surface area contributed by atoms with Crippen LogP contribution in [0, 0.1) is 0 Å². The molecule has 20 heteroatoms. The molecular weight excluding hydrogens is 848 g/mol. The number of carbonyl (C=O) groups is 2. The van der Waals surface area contributed by atoms with E-state index in [1.54, 1.807) is 0 Å². The van der Waals surface area contributed by atoms with Gasteiger partial charge in [0.05, 0.1) is 12.8 Å². The van der Waals surface area contributed by atoms with Crippen molar-refractivity contribution < 1.29 is 89.3 Å². The fraction of sp³-hybridized carbons (Fsp3) is 0.350. The first-order chi connectivity index (χ1) is 27.7. The highest BCUT2D eigenvalue weighted by atomic mass is 19.4. The molecule has 0 saturated heterocycles. The lowest BCUT2D eigenvalue weighted by molar-refractivity contribution is -0.454. The van der Waals surface area contributed by atoms with Crippen LogP contribution >= 0.6 is 0 Å². The lowest BCUT2D eigenvalue weighted by atomic mass is 9.87. The Bertz CT molecular complexity index is 1810. The van der Waals surface area contributed by atoms with Gasteiger partial charge in [-0.3, -0.25) is 9.59 Å². The standard InChI is InChI=1S/C40H30F16O4/c41-33(42,23-59-31(57)21-29(25-13-5-1-6-14-25)26-15-7-2-8-16-26)35(45,46)37(49,50)39(53,54)40(55,56)38(51,52)36(47,48)34(43,44)24-60-32(58)22-30(27-17-9-3-10-18-27)28-19-11-4-12-20-28/h1-20,29-30H,21-24H2. The Labute approximate surface area is 330 Å². The maximum atomic E-state index is 14.6. The average Bonchev–Trinajstić information content (AvgIpc) is 3.21. The molecule has 0 aliphatic heterocycles. The monoisotopic (exact) mass is 878 g/mol. The lowest BCUT2D eigenvalue weighted by Gasteiger charge is -2.43. The van der Waals surface area contributed by atoms with Gasteiger partial charge < -0.3 is 9.47 Å². The summed E-state index contributed by atoms with van der Waals surface area (Å²) in [6.07, 6.45) is -2.02. The molecule has 0 amide bonds. The van der Waals surface area contributed by atoms with Crippen molar-refractivity contribution in [3.05, 3.63) is 144 Å². The molecule has 60 heavy (non-hydrogen) atoms. The zero-order valence-corrected chi connectivity index (χ0v) is 30.2. The van der Waals surface area contributed by atoms with E-state index in [0.717, 1.165) is 0 Å². The number of hydrogen-bond acceptors (Lipinski definition) is 4. The minimum atomic E-state index is -8.69. The second-order valence-corrected chi connectivity index (χ2v) is 13.3. The molecule has 0 N–H and O–H groups in total. The normalized spacial score (nSPS) is 13.7. The molecule has 4 aromatic carbocycles. The van der Waals surface area contributed by atoms with Crippen LogP contribution in [-0.2, 0) is 19.1 Å². The number of alkyl halides is 16. The summed E-state index contributed by atoms with van der Waals surface area (Å²) in [6.45, 7) is -6.56. The summed E-state index contributed by atoms with van der Waals surface area (Å²) >= 11 is 0. The van der Waals surface area contributed by atoms with Crippen molar-refractivity contribution in [3.63, 3.8) is 0 Å². The number of carbonyl (C=O) groups excluding carboxylic acids is 2. The predicted molar refractivity (Wildman–Crippen MR) is 180 cm³/mol. The van der Waals surface area contributed by atoms with Gasteiger partial charge in [-0.1, -0.05) is 121 Å². The average molecular weight is 879 g/mol. The molecule has 326 valence electrons. The Hall–Kier alpha value is -5.30. The van der Waals surface area contributed by atoms with E-state index in [0.29, 0.717) is 0 Å². The van der Waals surface area contributed by atoms with Crippen molar-refractivity contribution in [2.75, 3.05) is 13.2 Å². The molecule has 4 nitrogen and oxygen atoms in total. The summed E-state index contributed by atoms with van der Waals surface area (Å²) in [4.78, 5) is 24.9. The van der Waals surface area contributed by atoms with Crippen molar-refractivity contribution in [1.29, 1.82) is 0 Å². The molecule has 0 fully saturated rings. The van der Waals surface area contributed by atoms with E-state index < -0.39 is 97.2 Å². The van der Waals surface area contributed by atoms with E-state index in [4.69, 9.17) is 0 Å². The topological polar surface area (TPSA) is 52.6 Å². The second kappa shape index (κ2) is 17.4. The van der Waals surface area contributed by atoms with Crippen molar-refractivity contribution in [3.8, 4) is 0 Å². The quantitative estimate of drug-likeness (QED) is 0.0696. The number of rotatable bonds is 19. The lowest BCUT2D eigenvalue weighted by Crippen LogP contribution is -2.75. The van der Waals surface area contributed by atoms with Gasteiger partial charge in [-0.2, -0.15) is 70.2 Å². The summed E-state index contributed by atoms with van der Waals surface area (Å²) in [5.74, 6) is -69.8. The van der Waals surface area contributed by atoms with Crippen LogP contribution in [0.3, 0.4) is 0 Å². The van der Waals surface area contributed by atoms with Crippen LogP contribution in [0.2, 0.25) is 0 Å². The summed E-state index contributed by atoms with van der Waals surface area (Å²) in [6, 6.07) is 29.0. The summed E-state index contributed by atoms with van der Waals surface area (Å²) in [5.41, 5.74) is 1.14. The highest BCUT2D eigenvalue weighted by Gasteiger charge is 2.95. The van der Waals surface area contributed by atoms with E-state index in [1.807, 2.05) is 0 Å². The van der Waals surface area contributed by atoms with Crippen LogP contribution in [-0.4, -0.2) is 72.5 Å². The van der Waals surface area contributed by atoms with Gasteiger partial charge in [-0.25, -0.2) is 0 Å². The Morgan fingerprint density at radius 2 is 0.550 bits per heavy atom. The maximum absolute atomic E-state index is 14.6. The first kappa shape index (κ1) is 47.4. The van der Waals surface area contributed by atoms with Gasteiger partial charge in [-0.15, -0.1) is 0 Å². The van der Waals surface area contributed by atoms with E-state index in [9.17, 15) is 79.8 Å². The Kier molecular flexibility index (Phi) is 13.7. The van der Waals surface area contributed by atoms with Crippen LogP contribution in [0.5, 0.6) is 0 Å². The molecule has 0 radical (unpaired) electrons. The van der Waals surface area contributed by atoms with Gasteiger partial charge in [0.2, 0.25) is 0 Å². The van der Waals surface area contributed by atoms with E-state index in [-0.39, 0.29) is 22.3 Å². The van der Waals surface area contributed by atoms with Gasteiger partial charge in [-0.05, 0) is 22.3 Å². The molecule has 0 bridgehead atoms. The van der Waals surface area contributed by atoms with Crippen molar-refractivity contribution in [2.45, 2.75) is 72.1 Å². The minimum Gasteiger partial charge on any atom is -0.459 e. The van der Waals surface area contributed by atoms with Gasteiger partial charge >= 0.3 is 59.3 Å². The second-order valence-electron chi connectivity index (χ2n) is 13.3. The molecule has 0 aromatic heterocycles. The highest BCUT2D eigenvalue weighted by Crippen LogP contribution is 2.64. The number of esters is 2. The Morgan fingerprint density at radius 3 is 0.767 bits per heavy atom. The van der Waals surface area contributed by atoms with Crippen molar-refractivity contribution in [2.24, 2.45) is 0 Å². The first-order valence-corrected chi connectivity index (χ1v) is 17.2. The molecule has 0 spiro atoms. The van der Waals surface area contributed by atoms with E-state index in [2.05, 4.69) is 9.47 Å². The molecule has 4 rings (SSSR count). The molecular formula is C40H30F16O4. The molecule has 0 saturated carbocycles. The van der Waals surface area contributed by atoms with Crippen LogP contribution in [0.15, 0.2) is 121 Å². The molecule has 0 heterocycles. The minimum absolute atomic E-state index is 0.285. The van der Waals surface area contributed by atoms with Gasteiger partial charge in [0.1, 0.15) is 0 Å². The number of benzene rings is 4. The number of halogens is 16. The molecule has 0 atom stereocenters. The Balaban J connectivity index is 1.51. The summed E-state index contributed by atoms with van der Waals surface area (Å²) in [5, 5.41) is 0. The largest absolute Gasteiger partial charge is 0.459 e. The summed E-state index contributed by atoms with van der Waals surface area (Å²) < 4.78 is 241. The van der Waals surface area contributed by atoms with Crippen LogP contribution in [0.4, 0.5) is 70.2 Å². The fourth-order valence-electron chi connectivity index (χ4n) is 5.82. The number of ether oxygens (including phenoxy) is 2. The van der Waals surface area contributed by atoms with Crippen molar-refractivity contribution >= 4 is 11.9 Å². The number of hydrogen-bond donors (Lipinski definition) is 0.